The first-order valence-electron chi connectivity index (χ1n) is 5.37. The summed E-state index contributed by atoms with van der Waals surface area (Å²) in [6.07, 6.45) is 1.45. The number of nitrogens with one attached hydrogen (secondary N) is 1. The average molecular weight is 245 g/mol. The average Bonchev–Trinajstić information content (AvgIpc) is 2.66. The summed E-state index contributed by atoms with van der Waals surface area (Å²) in [5.74, 6) is 0.292. The number of rotatable bonds is 5. The molecular formula is C10H19N3O2S. The fraction of sp³-hybridized carbons (Fsp3) is 0.700. The van der Waals surface area contributed by atoms with Crippen LogP contribution in [0.25, 0.3) is 0 Å². The molecule has 1 aromatic rings. The topological polar surface area (TPSA) is 66.1 Å². The van der Waals surface area contributed by atoms with Crippen LogP contribution in [0.4, 0.5) is 0 Å². The molecular weight excluding hydrogens is 226 g/mol. The van der Waals surface area contributed by atoms with E-state index in [1.165, 1.54) is 16.6 Å². The first kappa shape index (κ1) is 13.2. The molecule has 0 aliphatic carbocycles. The molecule has 92 valence electrons. The Bertz CT molecular complexity index is 409. The summed E-state index contributed by atoms with van der Waals surface area (Å²) in [6.45, 7) is 8.25. The molecule has 0 unspecified atom stereocenters. The van der Waals surface area contributed by atoms with E-state index < -0.39 is 10.0 Å². The second-order valence-electron chi connectivity index (χ2n) is 4.48. The molecule has 0 spiro atoms. The Morgan fingerprint density at radius 2 is 2.00 bits per heavy atom. The Morgan fingerprint density at radius 3 is 2.38 bits per heavy atom. The summed E-state index contributed by atoms with van der Waals surface area (Å²) < 4.78 is 25.9. The highest BCUT2D eigenvalue weighted by Crippen LogP contribution is 2.17. The fourth-order valence-electron chi connectivity index (χ4n) is 1.46. The Labute approximate surface area is 96.9 Å². The van der Waals surface area contributed by atoms with Gasteiger partial charge >= 0.3 is 0 Å². The maximum absolute atomic E-state index is 12.2. The Kier molecular flexibility index (Phi) is 4.09. The molecule has 0 fully saturated rings. The van der Waals surface area contributed by atoms with E-state index >= 15 is 0 Å². The fourth-order valence-corrected chi connectivity index (χ4v) is 3.16. The molecule has 0 amide bonds. The van der Waals surface area contributed by atoms with Gasteiger partial charge in [0.25, 0.3) is 10.0 Å². The second-order valence-corrected chi connectivity index (χ2v) is 6.34. The van der Waals surface area contributed by atoms with Gasteiger partial charge in [-0.05, 0) is 25.8 Å². The van der Waals surface area contributed by atoms with Gasteiger partial charge in [-0.25, -0.2) is 8.42 Å². The Balaban J connectivity index is 3.03. The van der Waals surface area contributed by atoms with Crippen LogP contribution in [0.1, 0.15) is 27.7 Å². The molecule has 16 heavy (non-hydrogen) atoms. The summed E-state index contributed by atoms with van der Waals surface area (Å²) in [5, 5.41) is 6.34. The van der Waals surface area contributed by atoms with Crippen LogP contribution in [-0.2, 0) is 10.0 Å². The van der Waals surface area contributed by atoms with Gasteiger partial charge in [-0.1, -0.05) is 13.8 Å². The van der Waals surface area contributed by atoms with Crippen molar-refractivity contribution in [3.05, 3.63) is 12.3 Å². The zero-order valence-electron chi connectivity index (χ0n) is 10.1. The lowest BCUT2D eigenvalue weighted by atomic mass is 10.2. The quantitative estimate of drug-likeness (QED) is 0.854. The number of hydrogen-bond acceptors (Lipinski definition) is 3. The predicted octanol–water partition coefficient (Wildman–Crippen LogP) is 1.46. The molecule has 0 aliphatic heterocycles. The zero-order chi connectivity index (χ0) is 12.3. The molecule has 1 N–H and O–H groups in total. The molecule has 5 nitrogen and oxygen atoms in total. The molecule has 0 bridgehead atoms. The monoisotopic (exact) mass is 245 g/mol. The van der Waals surface area contributed by atoms with Gasteiger partial charge in [-0.2, -0.15) is 9.40 Å². The van der Waals surface area contributed by atoms with E-state index in [2.05, 4.69) is 10.2 Å². The van der Waals surface area contributed by atoms with Crippen molar-refractivity contribution in [3.8, 4) is 0 Å². The smallest absolute Gasteiger partial charge is 0.260 e. The highest BCUT2D eigenvalue weighted by atomic mass is 32.2. The number of hydrogen-bond donors (Lipinski definition) is 1. The largest absolute Gasteiger partial charge is 0.266 e. The minimum atomic E-state index is -3.44. The molecule has 0 atom stereocenters. The molecule has 0 saturated heterocycles. The van der Waals surface area contributed by atoms with Crippen molar-refractivity contribution in [2.45, 2.75) is 38.8 Å². The molecule has 1 rings (SSSR count). The minimum Gasteiger partial charge on any atom is -0.266 e. The van der Waals surface area contributed by atoms with Crippen molar-refractivity contribution in [2.75, 3.05) is 6.54 Å². The Hall–Kier alpha value is -0.880. The van der Waals surface area contributed by atoms with Gasteiger partial charge in [0.1, 0.15) is 0 Å². The van der Waals surface area contributed by atoms with Crippen molar-refractivity contribution in [1.29, 1.82) is 0 Å². The van der Waals surface area contributed by atoms with E-state index in [1.807, 2.05) is 27.7 Å². The number of nitrogens with zero attached hydrogens (tertiary/aromatic N) is 2. The normalized spacial score (nSPS) is 12.9. The van der Waals surface area contributed by atoms with E-state index in [0.29, 0.717) is 12.5 Å². The number of aromatic nitrogens is 2. The van der Waals surface area contributed by atoms with Crippen molar-refractivity contribution in [3.63, 3.8) is 0 Å². The van der Waals surface area contributed by atoms with Crippen molar-refractivity contribution in [2.24, 2.45) is 5.92 Å². The van der Waals surface area contributed by atoms with Crippen molar-refractivity contribution >= 4 is 10.0 Å². The molecule has 0 aliphatic rings. The van der Waals surface area contributed by atoms with Crippen LogP contribution in [0, 0.1) is 5.92 Å². The molecule has 1 heterocycles. The van der Waals surface area contributed by atoms with Gasteiger partial charge in [0.05, 0.1) is 6.20 Å². The van der Waals surface area contributed by atoms with E-state index in [1.54, 1.807) is 0 Å². The van der Waals surface area contributed by atoms with Crippen LogP contribution in [-0.4, -0.2) is 35.5 Å². The van der Waals surface area contributed by atoms with Crippen LogP contribution in [0.2, 0.25) is 0 Å². The van der Waals surface area contributed by atoms with Gasteiger partial charge in [-0.15, -0.1) is 0 Å². The SMILES string of the molecule is CC(C)CN(C(C)C)S(=O)(=O)c1ccn[nH]1. The Morgan fingerprint density at radius 1 is 1.38 bits per heavy atom. The summed E-state index contributed by atoms with van der Waals surface area (Å²) in [4.78, 5) is 0. The lowest BCUT2D eigenvalue weighted by molar-refractivity contribution is 0.318. The van der Waals surface area contributed by atoms with E-state index in [9.17, 15) is 8.42 Å². The van der Waals surface area contributed by atoms with Gasteiger partial charge in [-0.3, -0.25) is 5.10 Å². The van der Waals surface area contributed by atoms with E-state index in [-0.39, 0.29) is 11.1 Å². The highest BCUT2D eigenvalue weighted by Gasteiger charge is 2.28. The first-order chi connectivity index (χ1) is 7.35. The van der Waals surface area contributed by atoms with Gasteiger partial charge in [0.15, 0.2) is 5.03 Å². The summed E-state index contributed by atoms with van der Waals surface area (Å²) >= 11 is 0. The van der Waals surface area contributed by atoms with E-state index in [4.69, 9.17) is 0 Å². The number of H-pyrrole nitrogens is 1. The number of sulfonamides is 1. The molecule has 0 radical (unpaired) electrons. The third kappa shape index (κ3) is 2.82. The first-order valence-corrected chi connectivity index (χ1v) is 6.81. The van der Waals surface area contributed by atoms with Gasteiger partial charge in [0.2, 0.25) is 0 Å². The summed E-state index contributed by atoms with van der Waals surface area (Å²) in [7, 11) is -3.44. The maximum atomic E-state index is 12.2. The van der Waals surface area contributed by atoms with E-state index in [0.717, 1.165) is 0 Å². The van der Waals surface area contributed by atoms with Crippen molar-refractivity contribution in [1.82, 2.24) is 14.5 Å². The van der Waals surface area contributed by atoms with Crippen LogP contribution < -0.4 is 0 Å². The maximum Gasteiger partial charge on any atom is 0.260 e. The third-order valence-electron chi connectivity index (χ3n) is 2.18. The third-order valence-corrected chi connectivity index (χ3v) is 4.15. The minimum absolute atomic E-state index is 0.0595. The van der Waals surface area contributed by atoms with Crippen LogP contribution in [0.15, 0.2) is 17.3 Å². The standard InChI is InChI=1S/C10H19N3O2S/c1-8(2)7-13(9(3)4)16(14,15)10-5-6-11-12-10/h5-6,8-9H,7H2,1-4H3,(H,11,12). The molecule has 0 aromatic carbocycles. The number of aromatic amines is 1. The van der Waals surface area contributed by atoms with Gasteiger partial charge in [0, 0.05) is 12.6 Å². The predicted molar refractivity (Wildman–Crippen MR) is 62.5 cm³/mol. The van der Waals surface area contributed by atoms with Crippen LogP contribution in [0.5, 0.6) is 0 Å². The lowest BCUT2D eigenvalue weighted by Gasteiger charge is -2.26. The summed E-state index contributed by atoms with van der Waals surface area (Å²) in [5.41, 5.74) is 0. The van der Waals surface area contributed by atoms with Gasteiger partial charge < -0.3 is 0 Å². The lowest BCUT2D eigenvalue weighted by Crippen LogP contribution is -2.39. The molecule has 1 aromatic heterocycles. The second kappa shape index (κ2) is 4.97. The highest BCUT2D eigenvalue weighted by molar-refractivity contribution is 7.89. The zero-order valence-corrected chi connectivity index (χ0v) is 11.0. The van der Waals surface area contributed by atoms with Crippen LogP contribution in [0.3, 0.4) is 0 Å². The van der Waals surface area contributed by atoms with Crippen molar-refractivity contribution < 1.29 is 8.42 Å². The molecule has 6 heteroatoms. The molecule has 0 saturated carbocycles. The van der Waals surface area contributed by atoms with Crippen LogP contribution >= 0.6 is 0 Å². The summed E-state index contributed by atoms with van der Waals surface area (Å²) in [6, 6.07) is 1.42.